The van der Waals surface area contributed by atoms with E-state index in [4.69, 9.17) is 4.74 Å². The number of carbonyl (C=O) groups is 1. The molecule has 0 saturated heterocycles. The number of rotatable bonds is 4. The molecule has 0 aliphatic carbocycles. The lowest BCUT2D eigenvalue weighted by atomic mass is 10.6. The summed E-state index contributed by atoms with van der Waals surface area (Å²) in [4.78, 5) is 14.6. The van der Waals surface area contributed by atoms with E-state index in [9.17, 15) is 4.79 Å². The molecule has 0 atom stereocenters. The van der Waals surface area contributed by atoms with E-state index in [2.05, 4.69) is 14.8 Å². The van der Waals surface area contributed by atoms with Crippen molar-refractivity contribution < 1.29 is 14.3 Å². The predicted molar refractivity (Wildman–Crippen MR) is 43.0 cm³/mol. The maximum atomic E-state index is 10.9. The second-order valence-electron chi connectivity index (χ2n) is 2.22. The number of aromatic nitrogens is 3. The summed E-state index contributed by atoms with van der Waals surface area (Å²) >= 11 is 0. The van der Waals surface area contributed by atoms with Gasteiger partial charge in [0.1, 0.15) is 13.1 Å². The van der Waals surface area contributed by atoms with Gasteiger partial charge in [-0.15, -0.1) is 5.10 Å². The number of methoxy groups -OCH3 is 1. The third kappa shape index (κ3) is 2.51. The van der Waals surface area contributed by atoms with Crippen molar-refractivity contribution in [3.05, 3.63) is 12.2 Å². The number of hydrogen-bond acceptors (Lipinski definition) is 5. The summed E-state index contributed by atoms with van der Waals surface area (Å²) in [6.07, 6.45) is 1.42. The molecular formula is C7H11N3O3. The number of esters is 1. The van der Waals surface area contributed by atoms with Crippen LogP contribution in [0.2, 0.25) is 0 Å². The van der Waals surface area contributed by atoms with Gasteiger partial charge in [-0.3, -0.25) is 0 Å². The van der Waals surface area contributed by atoms with Crippen molar-refractivity contribution in [2.45, 2.75) is 13.7 Å². The van der Waals surface area contributed by atoms with Gasteiger partial charge in [-0.25, -0.2) is 14.5 Å². The van der Waals surface area contributed by atoms with Crippen molar-refractivity contribution >= 4 is 5.97 Å². The molecular weight excluding hydrogens is 174 g/mol. The molecule has 0 fully saturated rings. The zero-order valence-electron chi connectivity index (χ0n) is 7.56. The maximum absolute atomic E-state index is 10.9. The Labute approximate surface area is 75.5 Å². The van der Waals surface area contributed by atoms with Crippen molar-refractivity contribution in [1.82, 2.24) is 14.8 Å². The van der Waals surface area contributed by atoms with Crippen LogP contribution in [0.5, 0.6) is 0 Å². The molecule has 0 radical (unpaired) electrons. The molecule has 0 spiro atoms. The average molecular weight is 185 g/mol. The Morgan fingerprint density at radius 2 is 2.46 bits per heavy atom. The highest BCUT2D eigenvalue weighted by molar-refractivity contribution is 5.84. The van der Waals surface area contributed by atoms with Crippen LogP contribution in [-0.4, -0.2) is 34.5 Å². The first-order valence-electron chi connectivity index (χ1n) is 3.83. The molecule has 1 heterocycles. The van der Waals surface area contributed by atoms with Crippen molar-refractivity contribution in [1.29, 1.82) is 0 Å². The van der Waals surface area contributed by atoms with Gasteiger partial charge in [0.15, 0.2) is 0 Å². The summed E-state index contributed by atoms with van der Waals surface area (Å²) in [6, 6.07) is 0. The van der Waals surface area contributed by atoms with Crippen LogP contribution in [-0.2, 0) is 16.2 Å². The summed E-state index contributed by atoms with van der Waals surface area (Å²) in [7, 11) is 1.28. The van der Waals surface area contributed by atoms with Crippen LogP contribution in [0.15, 0.2) is 6.33 Å². The molecule has 13 heavy (non-hydrogen) atoms. The Morgan fingerprint density at radius 3 is 3.08 bits per heavy atom. The SMILES string of the molecule is CCOCn1cnc(C(=O)OC)n1. The molecule has 72 valence electrons. The van der Waals surface area contributed by atoms with E-state index < -0.39 is 5.97 Å². The quantitative estimate of drug-likeness (QED) is 0.620. The van der Waals surface area contributed by atoms with Crippen LogP contribution in [0.25, 0.3) is 0 Å². The lowest BCUT2D eigenvalue weighted by Crippen LogP contribution is -2.07. The smallest absolute Gasteiger partial charge is 0.377 e. The Kier molecular flexibility index (Phi) is 3.39. The first-order valence-corrected chi connectivity index (χ1v) is 3.83. The highest BCUT2D eigenvalue weighted by Gasteiger charge is 2.10. The first kappa shape index (κ1) is 9.66. The van der Waals surface area contributed by atoms with Crippen LogP contribution in [0, 0.1) is 0 Å². The van der Waals surface area contributed by atoms with Gasteiger partial charge in [0.25, 0.3) is 5.82 Å². The molecule has 0 aromatic carbocycles. The number of hydrogen-bond donors (Lipinski definition) is 0. The number of ether oxygens (including phenoxy) is 2. The van der Waals surface area contributed by atoms with Gasteiger partial charge < -0.3 is 9.47 Å². The number of carbonyl (C=O) groups excluding carboxylic acids is 1. The van der Waals surface area contributed by atoms with E-state index in [0.717, 1.165) is 0 Å². The van der Waals surface area contributed by atoms with Crippen molar-refractivity contribution in [2.75, 3.05) is 13.7 Å². The fourth-order valence-electron chi connectivity index (χ4n) is 0.726. The van der Waals surface area contributed by atoms with E-state index >= 15 is 0 Å². The molecule has 6 nitrogen and oxygen atoms in total. The Morgan fingerprint density at radius 1 is 1.69 bits per heavy atom. The highest BCUT2D eigenvalue weighted by Crippen LogP contribution is 1.92. The molecule has 0 aliphatic rings. The largest absolute Gasteiger partial charge is 0.463 e. The van der Waals surface area contributed by atoms with E-state index in [1.54, 1.807) is 0 Å². The third-order valence-corrected chi connectivity index (χ3v) is 1.33. The minimum absolute atomic E-state index is 0.0437. The third-order valence-electron chi connectivity index (χ3n) is 1.33. The monoisotopic (exact) mass is 185 g/mol. The molecule has 0 saturated carbocycles. The van der Waals surface area contributed by atoms with E-state index in [-0.39, 0.29) is 5.82 Å². The van der Waals surface area contributed by atoms with Crippen LogP contribution in [0.4, 0.5) is 0 Å². The van der Waals surface area contributed by atoms with E-state index in [1.807, 2.05) is 6.92 Å². The lowest BCUT2D eigenvalue weighted by molar-refractivity contribution is 0.0578. The molecule has 1 rings (SSSR count). The van der Waals surface area contributed by atoms with E-state index in [1.165, 1.54) is 18.1 Å². The van der Waals surface area contributed by atoms with Crippen LogP contribution >= 0.6 is 0 Å². The summed E-state index contributed by atoms with van der Waals surface area (Å²) in [6.45, 7) is 2.76. The Hall–Kier alpha value is -1.43. The molecule has 0 N–H and O–H groups in total. The zero-order valence-corrected chi connectivity index (χ0v) is 7.56. The van der Waals surface area contributed by atoms with Crippen LogP contribution in [0.3, 0.4) is 0 Å². The van der Waals surface area contributed by atoms with E-state index in [0.29, 0.717) is 13.3 Å². The molecule has 0 unspecified atom stereocenters. The van der Waals surface area contributed by atoms with Gasteiger partial charge in [-0.1, -0.05) is 0 Å². The fourth-order valence-corrected chi connectivity index (χ4v) is 0.726. The molecule has 0 aliphatic heterocycles. The standard InChI is InChI=1S/C7H11N3O3/c1-3-13-5-10-4-8-6(9-10)7(11)12-2/h4H,3,5H2,1-2H3. The second-order valence-corrected chi connectivity index (χ2v) is 2.22. The van der Waals surface area contributed by atoms with Crippen molar-refractivity contribution in [3.63, 3.8) is 0 Å². The summed E-state index contributed by atoms with van der Waals surface area (Å²) in [5, 5.41) is 3.82. The minimum atomic E-state index is -0.546. The fraction of sp³-hybridized carbons (Fsp3) is 0.571. The van der Waals surface area contributed by atoms with Gasteiger partial charge in [-0.2, -0.15) is 0 Å². The minimum Gasteiger partial charge on any atom is -0.463 e. The summed E-state index contributed by atoms with van der Waals surface area (Å²) in [5.74, 6) is -0.502. The van der Waals surface area contributed by atoms with Gasteiger partial charge in [0.2, 0.25) is 0 Å². The number of nitrogens with zero attached hydrogens (tertiary/aromatic N) is 3. The lowest BCUT2D eigenvalue weighted by Gasteiger charge is -1.98. The molecule has 0 amide bonds. The Balaban J connectivity index is 2.58. The molecule has 0 bridgehead atoms. The molecule has 1 aromatic heterocycles. The summed E-state index contributed by atoms with van der Waals surface area (Å²) in [5.41, 5.74) is 0. The van der Waals surface area contributed by atoms with Crippen molar-refractivity contribution in [3.8, 4) is 0 Å². The van der Waals surface area contributed by atoms with Gasteiger partial charge in [0, 0.05) is 6.61 Å². The van der Waals surface area contributed by atoms with Crippen LogP contribution in [0.1, 0.15) is 17.5 Å². The normalized spacial score (nSPS) is 10.0. The molecule has 1 aromatic rings. The predicted octanol–water partition coefficient (Wildman–Crippen LogP) is 0.0587. The maximum Gasteiger partial charge on any atom is 0.377 e. The zero-order chi connectivity index (χ0) is 9.68. The topological polar surface area (TPSA) is 66.2 Å². The van der Waals surface area contributed by atoms with Crippen LogP contribution < -0.4 is 0 Å². The van der Waals surface area contributed by atoms with Gasteiger partial charge >= 0.3 is 5.97 Å². The first-order chi connectivity index (χ1) is 6.27. The van der Waals surface area contributed by atoms with Crippen molar-refractivity contribution in [2.24, 2.45) is 0 Å². The Bertz CT molecular complexity index is 284. The van der Waals surface area contributed by atoms with Gasteiger partial charge in [-0.05, 0) is 6.92 Å². The summed E-state index contributed by atoms with van der Waals surface area (Å²) < 4.78 is 10.9. The molecule has 6 heteroatoms. The average Bonchev–Trinajstić information content (AvgIpc) is 2.62. The van der Waals surface area contributed by atoms with Gasteiger partial charge in [0.05, 0.1) is 7.11 Å². The second kappa shape index (κ2) is 4.56. The highest BCUT2D eigenvalue weighted by atomic mass is 16.5.